The van der Waals surface area contributed by atoms with Crippen molar-refractivity contribution < 1.29 is 23.9 Å². The zero-order chi connectivity index (χ0) is 23.3. The maximum Gasteiger partial charge on any atom is 0.293 e. The fraction of sp³-hybridized carbons (Fsp3) is 0.227. The lowest BCUT2D eigenvalue weighted by Crippen LogP contribution is -2.37. The number of halogens is 2. The van der Waals surface area contributed by atoms with Gasteiger partial charge >= 0.3 is 0 Å². The highest BCUT2D eigenvalue weighted by Crippen LogP contribution is 2.34. The van der Waals surface area contributed by atoms with Gasteiger partial charge in [0.15, 0.2) is 11.5 Å². The summed E-state index contributed by atoms with van der Waals surface area (Å²) < 4.78 is 10.4. The van der Waals surface area contributed by atoms with Crippen molar-refractivity contribution in [2.24, 2.45) is 0 Å². The van der Waals surface area contributed by atoms with Gasteiger partial charge in [0.25, 0.3) is 11.1 Å². The number of amides is 3. The SMILES string of the molecule is COc1ccc(CC(=O)NCCN2C(=O)SC(=Cc3cccc(Cl)c3Cl)C2=O)cc1OC. The smallest absolute Gasteiger partial charge is 0.293 e. The molecule has 0 unspecified atom stereocenters. The van der Waals surface area contributed by atoms with Crippen molar-refractivity contribution in [1.82, 2.24) is 10.2 Å². The third-order valence-corrected chi connectivity index (χ3v) is 6.35. The molecular weight excluding hydrogens is 475 g/mol. The van der Waals surface area contributed by atoms with Crippen LogP contribution < -0.4 is 14.8 Å². The minimum atomic E-state index is -0.440. The monoisotopic (exact) mass is 494 g/mol. The molecule has 3 rings (SSSR count). The van der Waals surface area contributed by atoms with Crippen LogP contribution in [0.25, 0.3) is 6.08 Å². The Morgan fingerprint density at radius 1 is 1.12 bits per heavy atom. The van der Waals surface area contributed by atoms with Gasteiger partial charge in [-0.1, -0.05) is 41.4 Å². The molecule has 1 aliphatic heterocycles. The second-order valence-corrected chi connectivity index (χ2v) is 8.47. The summed E-state index contributed by atoms with van der Waals surface area (Å²) in [6, 6.07) is 10.3. The largest absolute Gasteiger partial charge is 0.493 e. The van der Waals surface area contributed by atoms with Crippen molar-refractivity contribution in [2.75, 3.05) is 27.3 Å². The molecule has 0 aromatic heterocycles. The molecular formula is C22H20Cl2N2O5S. The van der Waals surface area contributed by atoms with E-state index >= 15 is 0 Å². The molecule has 10 heteroatoms. The van der Waals surface area contributed by atoms with E-state index in [0.717, 1.165) is 22.2 Å². The molecule has 0 saturated carbocycles. The van der Waals surface area contributed by atoms with E-state index in [-0.39, 0.29) is 30.3 Å². The Morgan fingerprint density at radius 2 is 1.88 bits per heavy atom. The normalized spacial score (nSPS) is 14.8. The number of hydrogen-bond acceptors (Lipinski definition) is 6. The van der Waals surface area contributed by atoms with E-state index in [1.807, 2.05) is 0 Å². The molecule has 7 nitrogen and oxygen atoms in total. The summed E-state index contributed by atoms with van der Waals surface area (Å²) in [6.45, 7) is 0.193. The minimum Gasteiger partial charge on any atom is -0.493 e. The first kappa shape index (κ1) is 24.0. The summed E-state index contributed by atoms with van der Waals surface area (Å²) in [5, 5.41) is 2.98. The molecule has 2 aromatic rings. The van der Waals surface area contributed by atoms with Crippen LogP contribution in [0.2, 0.25) is 10.0 Å². The van der Waals surface area contributed by atoms with Crippen LogP contribution in [0.15, 0.2) is 41.3 Å². The highest BCUT2D eigenvalue weighted by molar-refractivity contribution is 8.18. The van der Waals surface area contributed by atoms with Gasteiger partial charge in [-0.05, 0) is 47.2 Å². The van der Waals surface area contributed by atoms with E-state index in [1.54, 1.807) is 36.4 Å². The fourth-order valence-corrected chi connectivity index (χ4v) is 4.23. The number of hydrogen-bond donors (Lipinski definition) is 1. The highest BCUT2D eigenvalue weighted by Gasteiger charge is 2.34. The lowest BCUT2D eigenvalue weighted by molar-refractivity contribution is -0.124. The Labute approximate surface area is 199 Å². The van der Waals surface area contributed by atoms with Gasteiger partial charge in [-0.2, -0.15) is 0 Å². The van der Waals surface area contributed by atoms with Gasteiger partial charge in [0.2, 0.25) is 5.91 Å². The number of methoxy groups -OCH3 is 2. The van der Waals surface area contributed by atoms with Crippen molar-refractivity contribution in [2.45, 2.75) is 6.42 Å². The number of benzene rings is 2. The predicted octanol–water partition coefficient (Wildman–Crippen LogP) is 4.41. The Hall–Kier alpha value is -2.68. The average molecular weight is 495 g/mol. The molecule has 2 aromatic carbocycles. The molecule has 0 spiro atoms. The number of rotatable bonds is 8. The molecule has 1 saturated heterocycles. The van der Waals surface area contributed by atoms with Gasteiger partial charge in [0, 0.05) is 13.1 Å². The van der Waals surface area contributed by atoms with Crippen LogP contribution in [-0.2, 0) is 16.0 Å². The number of carbonyl (C=O) groups is 3. The topological polar surface area (TPSA) is 84.9 Å². The molecule has 1 heterocycles. The second kappa shape index (κ2) is 10.8. The van der Waals surface area contributed by atoms with Crippen molar-refractivity contribution in [3.05, 3.63) is 62.5 Å². The Bertz CT molecular complexity index is 1090. The number of carbonyl (C=O) groups excluding carboxylic acids is 3. The lowest BCUT2D eigenvalue weighted by Gasteiger charge is -2.13. The quantitative estimate of drug-likeness (QED) is 0.547. The number of imide groups is 1. The molecule has 1 N–H and O–H groups in total. The van der Waals surface area contributed by atoms with E-state index in [2.05, 4.69) is 5.32 Å². The van der Waals surface area contributed by atoms with Crippen LogP contribution in [0.5, 0.6) is 11.5 Å². The summed E-state index contributed by atoms with van der Waals surface area (Å²) in [4.78, 5) is 38.5. The molecule has 0 radical (unpaired) electrons. The lowest BCUT2D eigenvalue weighted by atomic mass is 10.1. The van der Waals surface area contributed by atoms with Gasteiger partial charge in [-0.25, -0.2) is 0 Å². The van der Waals surface area contributed by atoms with E-state index < -0.39 is 11.1 Å². The Balaban J connectivity index is 1.56. The molecule has 1 aliphatic rings. The van der Waals surface area contributed by atoms with Crippen LogP contribution in [0, 0.1) is 0 Å². The van der Waals surface area contributed by atoms with Gasteiger partial charge in [0.05, 0.1) is 35.6 Å². The number of nitrogens with one attached hydrogen (secondary N) is 1. The van der Waals surface area contributed by atoms with E-state index in [9.17, 15) is 14.4 Å². The maximum atomic E-state index is 12.6. The molecule has 0 atom stereocenters. The van der Waals surface area contributed by atoms with Crippen LogP contribution >= 0.6 is 35.0 Å². The van der Waals surface area contributed by atoms with Crippen LogP contribution in [0.1, 0.15) is 11.1 Å². The highest BCUT2D eigenvalue weighted by atomic mass is 35.5. The van der Waals surface area contributed by atoms with Gasteiger partial charge in [-0.3, -0.25) is 19.3 Å². The zero-order valence-corrected chi connectivity index (χ0v) is 19.6. The first-order valence-electron chi connectivity index (χ1n) is 9.51. The molecule has 32 heavy (non-hydrogen) atoms. The van der Waals surface area contributed by atoms with Crippen molar-refractivity contribution >= 4 is 58.1 Å². The molecule has 1 fully saturated rings. The first-order chi connectivity index (χ1) is 15.3. The molecule has 0 bridgehead atoms. The minimum absolute atomic E-state index is 0.0585. The Kier molecular flexibility index (Phi) is 8.06. The van der Waals surface area contributed by atoms with E-state index in [0.29, 0.717) is 27.1 Å². The standard InChI is InChI=1S/C22H20Cl2N2O5S/c1-30-16-7-6-13(10-17(16)31-2)11-19(27)25-8-9-26-21(28)18(32-22(26)29)12-14-4-3-5-15(23)20(14)24/h3-7,10,12H,8-9,11H2,1-2H3,(H,25,27). The number of nitrogens with zero attached hydrogens (tertiary/aromatic N) is 1. The van der Waals surface area contributed by atoms with Gasteiger partial charge in [-0.15, -0.1) is 0 Å². The van der Waals surface area contributed by atoms with E-state index in [4.69, 9.17) is 32.7 Å². The summed E-state index contributed by atoms with van der Waals surface area (Å²) in [6.07, 6.45) is 1.66. The van der Waals surface area contributed by atoms with Crippen LogP contribution in [0.4, 0.5) is 4.79 Å². The number of ether oxygens (including phenoxy) is 2. The van der Waals surface area contributed by atoms with Gasteiger partial charge < -0.3 is 14.8 Å². The third-order valence-electron chi connectivity index (χ3n) is 4.61. The molecule has 0 aliphatic carbocycles. The first-order valence-corrected chi connectivity index (χ1v) is 11.1. The predicted molar refractivity (Wildman–Crippen MR) is 125 cm³/mol. The third kappa shape index (κ3) is 5.56. The summed E-state index contributed by atoms with van der Waals surface area (Å²) >= 11 is 13.0. The van der Waals surface area contributed by atoms with Crippen LogP contribution in [0.3, 0.4) is 0 Å². The average Bonchev–Trinajstić information content (AvgIpc) is 3.04. The Morgan fingerprint density at radius 3 is 2.59 bits per heavy atom. The fourth-order valence-electron chi connectivity index (χ4n) is 3.01. The summed E-state index contributed by atoms with van der Waals surface area (Å²) in [5.41, 5.74) is 1.29. The molecule has 168 valence electrons. The maximum absolute atomic E-state index is 12.6. The zero-order valence-electron chi connectivity index (χ0n) is 17.3. The van der Waals surface area contributed by atoms with Crippen molar-refractivity contribution in [3.63, 3.8) is 0 Å². The van der Waals surface area contributed by atoms with Crippen LogP contribution in [-0.4, -0.2) is 49.3 Å². The van der Waals surface area contributed by atoms with Crippen molar-refractivity contribution in [3.8, 4) is 11.5 Å². The van der Waals surface area contributed by atoms with Gasteiger partial charge in [0.1, 0.15) is 0 Å². The summed E-state index contributed by atoms with van der Waals surface area (Å²) in [7, 11) is 3.06. The van der Waals surface area contributed by atoms with Crippen molar-refractivity contribution in [1.29, 1.82) is 0 Å². The summed E-state index contributed by atoms with van der Waals surface area (Å²) in [5.74, 6) is 0.418. The van der Waals surface area contributed by atoms with E-state index in [1.165, 1.54) is 20.3 Å². The number of thioether (sulfide) groups is 1. The molecule has 3 amide bonds. The second-order valence-electron chi connectivity index (χ2n) is 6.69.